The summed E-state index contributed by atoms with van der Waals surface area (Å²) < 4.78 is 0. The maximum absolute atomic E-state index is 13.6. The summed E-state index contributed by atoms with van der Waals surface area (Å²) in [5, 5.41) is 15.7. The van der Waals surface area contributed by atoms with Crippen molar-refractivity contribution in [2.45, 2.75) is 83.3 Å². The van der Waals surface area contributed by atoms with E-state index < -0.39 is 35.8 Å². The molecule has 0 bridgehead atoms. The highest BCUT2D eigenvalue weighted by atomic mass is 32.1. The van der Waals surface area contributed by atoms with Gasteiger partial charge >= 0.3 is 0 Å². The van der Waals surface area contributed by atoms with Gasteiger partial charge < -0.3 is 38.5 Å². The quantitative estimate of drug-likeness (QED) is 0.0717. The summed E-state index contributed by atoms with van der Waals surface area (Å²) >= 11 is 1.49. The molecule has 13 heteroatoms. The smallest absolute Gasteiger partial charge is 0.251 e. The Balaban J connectivity index is 1.66. The summed E-state index contributed by atoms with van der Waals surface area (Å²) in [4.78, 5) is 56.0. The van der Waals surface area contributed by atoms with Gasteiger partial charge in [0.15, 0.2) is 5.96 Å². The normalized spacial score (nSPS) is 15.4. The first-order chi connectivity index (χ1) is 22.0. The molecule has 3 rings (SSSR count). The molecule has 10 N–H and O–H groups in total. The van der Waals surface area contributed by atoms with Crippen molar-refractivity contribution in [2.75, 3.05) is 19.6 Å². The topological polar surface area (TPSA) is 207 Å². The Hall–Kier alpha value is -3.97. The van der Waals surface area contributed by atoms with Crippen molar-refractivity contribution in [3.63, 3.8) is 0 Å². The lowest BCUT2D eigenvalue weighted by molar-refractivity contribution is -0.128. The van der Waals surface area contributed by atoms with Crippen LogP contribution in [0.15, 0.2) is 46.1 Å². The van der Waals surface area contributed by atoms with Crippen LogP contribution in [0.5, 0.6) is 0 Å². The molecule has 1 aromatic heterocycles. The van der Waals surface area contributed by atoms with Crippen molar-refractivity contribution < 1.29 is 19.2 Å². The summed E-state index contributed by atoms with van der Waals surface area (Å²) in [5.74, 6) is -1.08. The Kier molecular flexibility index (Phi) is 15.0. The largest absolute Gasteiger partial charge is 0.370 e. The minimum atomic E-state index is -0.884. The Morgan fingerprint density at radius 2 is 1.67 bits per heavy atom. The lowest BCUT2D eigenvalue weighted by Gasteiger charge is -2.25. The number of carbonyl (C=O) groups excluding carboxylic acids is 4. The van der Waals surface area contributed by atoms with Gasteiger partial charge in [-0.25, -0.2) is 0 Å². The predicted molar refractivity (Wildman–Crippen MR) is 182 cm³/mol. The fourth-order valence-electron chi connectivity index (χ4n) is 5.63. The average Bonchev–Trinajstić information content (AvgIpc) is 3.52. The molecule has 2 unspecified atom stereocenters. The second-order valence-electron chi connectivity index (χ2n) is 12.5. The van der Waals surface area contributed by atoms with Gasteiger partial charge in [-0.1, -0.05) is 26.0 Å². The molecule has 0 aliphatic carbocycles. The van der Waals surface area contributed by atoms with E-state index in [9.17, 15) is 19.2 Å². The first kappa shape index (κ1) is 36.5. The second-order valence-corrected chi connectivity index (χ2v) is 13.2. The average molecular weight is 655 g/mol. The Bertz CT molecular complexity index is 1290. The molecule has 1 saturated heterocycles. The second kappa shape index (κ2) is 18.9. The Labute approximate surface area is 275 Å². The van der Waals surface area contributed by atoms with Gasteiger partial charge in [-0.2, -0.15) is 11.3 Å². The van der Waals surface area contributed by atoms with Gasteiger partial charge in [-0.3, -0.25) is 24.2 Å². The number of amides is 4. The number of hydrogen-bond acceptors (Lipinski definition) is 7. The van der Waals surface area contributed by atoms with Crippen LogP contribution in [0.25, 0.3) is 0 Å². The highest BCUT2D eigenvalue weighted by molar-refractivity contribution is 7.07. The van der Waals surface area contributed by atoms with Crippen molar-refractivity contribution in [3.8, 4) is 0 Å². The van der Waals surface area contributed by atoms with Crippen LogP contribution >= 0.6 is 11.3 Å². The van der Waals surface area contributed by atoms with Crippen molar-refractivity contribution in [3.05, 3.63) is 57.8 Å². The van der Waals surface area contributed by atoms with Crippen LogP contribution in [0.2, 0.25) is 0 Å². The van der Waals surface area contributed by atoms with Crippen LogP contribution in [-0.4, -0.2) is 67.3 Å². The minimum Gasteiger partial charge on any atom is -0.370 e. The molecule has 1 aromatic carbocycles. The summed E-state index contributed by atoms with van der Waals surface area (Å²) in [5.41, 5.74) is 19.0. The van der Waals surface area contributed by atoms with Crippen LogP contribution < -0.4 is 38.5 Å². The molecule has 2 aromatic rings. The first-order valence-electron chi connectivity index (χ1n) is 16.1. The van der Waals surface area contributed by atoms with Gasteiger partial charge in [0.1, 0.15) is 12.1 Å². The maximum atomic E-state index is 13.6. The molecule has 4 amide bonds. The van der Waals surface area contributed by atoms with Crippen molar-refractivity contribution in [2.24, 2.45) is 34.0 Å². The molecule has 2 heterocycles. The molecule has 0 radical (unpaired) electrons. The third-order valence-electron chi connectivity index (χ3n) is 8.00. The molecule has 46 heavy (non-hydrogen) atoms. The van der Waals surface area contributed by atoms with E-state index >= 15 is 0 Å². The van der Waals surface area contributed by atoms with Crippen LogP contribution in [0, 0.1) is 11.8 Å². The number of benzene rings is 1. The number of primary amides is 1. The zero-order valence-electron chi connectivity index (χ0n) is 26.9. The molecule has 0 saturated carbocycles. The number of nitrogens with two attached hydrogens (primary N) is 3. The van der Waals surface area contributed by atoms with Crippen LogP contribution in [0.3, 0.4) is 0 Å². The number of thiophene rings is 1. The standard InChI is InChI=1S/C33H50N8O4S/c1-21(2)16-26(19-29(42)40-28(30(34)43)18-24-11-15-46-20-24)39-32(45)27(4-3-12-38-33(35)36)41-31(44)25-7-5-22(6-8-25)17-23-9-13-37-14-10-23/h5-8,11,15,20-21,23,26-28,37H,3-4,9-10,12-14,16-19H2,1-2H3,(H2,34,43)(H,39,45)(H,40,42)(H,41,44)(H4,35,36,38)/t26?,27-,28?/m0/s1. The van der Waals surface area contributed by atoms with Crippen molar-refractivity contribution in [1.82, 2.24) is 21.3 Å². The molecule has 0 spiro atoms. The van der Waals surface area contributed by atoms with Gasteiger partial charge in [-0.15, -0.1) is 0 Å². The number of hydrogen-bond donors (Lipinski definition) is 7. The first-order valence-corrected chi connectivity index (χ1v) is 17.0. The van der Waals surface area contributed by atoms with Crippen LogP contribution in [-0.2, 0) is 27.2 Å². The van der Waals surface area contributed by atoms with Gasteiger partial charge in [0.05, 0.1) is 0 Å². The van der Waals surface area contributed by atoms with E-state index in [1.165, 1.54) is 16.9 Å². The number of rotatable bonds is 18. The number of guanidine groups is 1. The molecular formula is C33H50N8O4S. The number of aliphatic imine (C=N–C) groups is 1. The van der Waals surface area contributed by atoms with E-state index in [1.54, 1.807) is 12.1 Å². The van der Waals surface area contributed by atoms with Gasteiger partial charge in [0.25, 0.3) is 5.91 Å². The number of piperidine rings is 1. The van der Waals surface area contributed by atoms with Gasteiger partial charge in [-0.05, 0) is 104 Å². The molecule has 252 valence electrons. The molecule has 1 aliphatic rings. The van der Waals surface area contributed by atoms with E-state index in [-0.39, 0.29) is 37.0 Å². The lowest BCUT2D eigenvalue weighted by atomic mass is 9.91. The zero-order chi connectivity index (χ0) is 33.5. The summed E-state index contributed by atoms with van der Waals surface area (Å²) in [6.45, 7) is 6.34. The Morgan fingerprint density at radius 1 is 0.957 bits per heavy atom. The third kappa shape index (κ3) is 13.2. The van der Waals surface area contributed by atoms with Crippen molar-refractivity contribution in [1.29, 1.82) is 0 Å². The molecule has 12 nitrogen and oxygen atoms in total. The minimum absolute atomic E-state index is 0.0501. The van der Waals surface area contributed by atoms with Gasteiger partial charge in [0.2, 0.25) is 17.7 Å². The van der Waals surface area contributed by atoms with Crippen LogP contribution in [0.1, 0.15) is 73.9 Å². The monoisotopic (exact) mass is 654 g/mol. The summed E-state index contributed by atoms with van der Waals surface area (Å²) in [6, 6.07) is 7.11. The van der Waals surface area contributed by atoms with Crippen LogP contribution in [0.4, 0.5) is 0 Å². The van der Waals surface area contributed by atoms with E-state index in [0.29, 0.717) is 30.9 Å². The fraction of sp³-hybridized carbons (Fsp3) is 0.545. The lowest BCUT2D eigenvalue weighted by Crippen LogP contribution is -2.52. The summed E-state index contributed by atoms with van der Waals surface area (Å²) in [6.07, 6.45) is 4.73. The highest BCUT2D eigenvalue weighted by Crippen LogP contribution is 2.19. The third-order valence-corrected chi connectivity index (χ3v) is 8.73. The molecular weight excluding hydrogens is 604 g/mol. The van der Waals surface area contributed by atoms with E-state index in [4.69, 9.17) is 17.2 Å². The van der Waals surface area contributed by atoms with Gasteiger partial charge in [0, 0.05) is 31.0 Å². The predicted octanol–water partition coefficient (Wildman–Crippen LogP) is 1.58. The Morgan fingerprint density at radius 3 is 2.28 bits per heavy atom. The fourth-order valence-corrected chi connectivity index (χ4v) is 6.32. The number of carbonyl (C=O) groups is 4. The number of nitrogens with zero attached hydrogens (tertiary/aromatic N) is 1. The number of nitrogens with one attached hydrogen (secondary N) is 4. The maximum Gasteiger partial charge on any atom is 0.251 e. The highest BCUT2D eigenvalue weighted by Gasteiger charge is 2.27. The molecule has 1 aliphatic heterocycles. The SMILES string of the molecule is CC(C)CC(CC(=O)NC(Cc1ccsc1)C(N)=O)NC(=O)[C@H](CCCN=C(N)N)NC(=O)c1ccc(CC2CCNCC2)cc1. The molecule has 3 atom stereocenters. The van der Waals surface area contributed by atoms with E-state index in [2.05, 4.69) is 26.3 Å². The zero-order valence-corrected chi connectivity index (χ0v) is 27.7. The van der Waals surface area contributed by atoms with E-state index in [0.717, 1.165) is 37.9 Å². The van der Waals surface area contributed by atoms with Crippen molar-refractivity contribution >= 4 is 40.9 Å². The molecule has 1 fully saturated rings. The van der Waals surface area contributed by atoms with E-state index in [1.807, 2.05) is 42.8 Å². The summed E-state index contributed by atoms with van der Waals surface area (Å²) in [7, 11) is 0.